The summed E-state index contributed by atoms with van der Waals surface area (Å²) < 4.78 is 0. The topological polar surface area (TPSA) is 99.0 Å². The maximum Gasteiger partial charge on any atom is 0.354 e. The molecule has 0 bridgehead atoms. The van der Waals surface area contributed by atoms with Crippen LogP contribution in [-0.2, 0) is 4.79 Å². The number of rotatable bonds is 4. The Balaban J connectivity index is 1.99. The molecule has 1 spiro atoms. The predicted molar refractivity (Wildman–Crippen MR) is 73.6 cm³/mol. The van der Waals surface area contributed by atoms with Gasteiger partial charge < -0.3 is 10.4 Å². The molecule has 0 aromatic carbocycles. The summed E-state index contributed by atoms with van der Waals surface area (Å²) in [5.74, 6) is -0.567. The van der Waals surface area contributed by atoms with Gasteiger partial charge in [-0.2, -0.15) is 0 Å². The summed E-state index contributed by atoms with van der Waals surface area (Å²) >= 11 is 0. The Morgan fingerprint density at radius 1 is 1.35 bits per heavy atom. The monoisotopic (exact) mass is 272 g/mol. The number of anilines is 1. The molecule has 6 nitrogen and oxygen atoms in total. The summed E-state index contributed by atoms with van der Waals surface area (Å²) in [5.41, 5.74) is 1.22. The highest BCUT2D eigenvalue weighted by Crippen LogP contribution is 2.58. The molecular weight excluding hydrogens is 256 g/mol. The fourth-order valence-electron chi connectivity index (χ4n) is 2.90. The van der Waals surface area contributed by atoms with Crippen molar-refractivity contribution in [3.05, 3.63) is 29.9 Å². The van der Waals surface area contributed by atoms with Gasteiger partial charge in [-0.1, -0.05) is 0 Å². The van der Waals surface area contributed by atoms with Crippen LogP contribution >= 0.6 is 0 Å². The van der Waals surface area contributed by atoms with Gasteiger partial charge in [0.05, 0.1) is 6.20 Å². The van der Waals surface area contributed by atoms with Gasteiger partial charge in [0.2, 0.25) is 0 Å². The molecule has 1 aromatic rings. The lowest BCUT2D eigenvalue weighted by Gasteiger charge is -2.29. The number of aliphatic carboxylic acids is 1. The van der Waals surface area contributed by atoms with Crippen molar-refractivity contribution in [3.63, 3.8) is 0 Å². The Morgan fingerprint density at radius 2 is 2.15 bits per heavy atom. The SMILES string of the molecule is N=C(C(=O)O)C1=C(Nc2cnccn2)C2(CCC1)CC2. The highest BCUT2D eigenvalue weighted by atomic mass is 16.4. The van der Waals surface area contributed by atoms with E-state index in [-0.39, 0.29) is 11.1 Å². The van der Waals surface area contributed by atoms with E-state index in [2.05, 4.69) is 15.3 Å². The molecule has 0 amide bonds. The number of hydrogen-bond donors (Lipinski definition) is 3. The predicted octanol–water partition coefficient (Wildman–Crippen LogP) is 2.21. The molecule has 1 saturated carbocycles. The normalized spacial score (nSPS) is 19.8. The molecule has 0 aliphatic heterocycles. The molecule has 20 heavy (non-hydrogen) atoms. The summed E-state index contributed by atoms with van der Waals surface area (Å²) in [4.78, 5) is 19.3. The Bertz CT molecular complexity index is 590. The second-order valence-corrected chi connectivity index (χ2v) is 5.38. The number of aromatic nitrogens is 2. The zero-order valence-corrected chi connectivity index (χ0v) is 11.0. The van der Waals surface area contributed by atoms with Gasteiger partial charge in [0.15, 0.2) is 0 Å². The largest absolute Gasteiger partial charge is 0.477 e. The standard InChI is InChI=1S/C14H16N4O2/c15-11(13(19)20)9-2-1-3-14(4-5-14)12(9)18-10-8-16-6-7-17-10/h6-8,15H,1-5H2,(H,17,18)(H,19,20). The third-order valence-electron chi connectivity index (χ3n) is 4.10. The number of carbonyl (C=O) groups is 1. The number of nitrogens with one attached hydrogen (secondary N) is 2. The zero-order chi connectivity index (χ0) is 14.2. The van der Waals surface area contributed by atoms with Crippen molar-refractivity contribution < 1.29 is 9.90 Å². The van der Waals surface area contributed by atoms with Crippen molar-refractivity contribution in [2.45, 2.75) is 32.1 Å². The van der Waals surface area contributed by atoms with E-state index in [1.54, 1.807) is 18.6 Å². The molecule has 0 atom stereocenters. The first-order chi connectivity index (χ1) is 9.62. The first-order valence-corrected chi connectivity index (χ1v) is 6.71. The van der Waals surface area contributed by atoms with Crippen LogP contribution in [0.3, 0.4) is 0 Å². The molecule has 2 aliphatic carbocycles. The first kappa shape index (κ1) is 12.8. The molecule has 0 unspecified atom stereocenters. The van der Waals surface area contributed by atoms with Gasteiger partial charge in [0.25, 0.3) is 0 Å². The summed E-state index contributed by atoms with van der Waals surface area (Å²) in [6.45, 7) is 0. The Labute approximate surface area is 116 Å². The molecule has 0 saturated heterocycles. The van der Waals surface area contributed by atoms with Gasteiger partial charge in [-0.15, -0.1) is 0 Å². The lowest BCUT2D eigenvalue weighted by Crippen LogP contribution is -2.26. The van der Waals surface area contributed by atoms with Crippen LogP contribution < -0.4 is 5.32 Å². The number of carboxylic acid groups (broad SMARTS) is 1. The first-order valence-electron chi connectivity index (χ1n) is 6.71. The zero-order valence-electron chi connectivity index (χ0n) is 11.0. The van der Waals surface area contributed by atoms with E-state index in [0.29, 0.717) is 17.8 Å². The van der Waals surface area contributed by atoms with Crippen LogP contribution in [0.5, 0.6) is 0 Å². The van der Waals surface area contributed by atoms with Gasteiger partial charge in [-0.25, -0.2) is 9.78 Å². The fraction of sp³-hybridized carbons (Fsp3) is 0.429. The molecule has 1 aromatic heterocycles. The number of carboxylic acids is 1. The minimum atomic E-state index is -1.17. The van der Waals surface area contributed by atoms with Crippen molar-refractivity contribution in [2.24, 2.45) is 5.41 Å². The number of allylic oxidation sites excluding steroid dienone is 1. The second-order valence-electron chi connectivity index (χ2n) is 5.38. The third-order valence-corrected chi connectivity index (χ3v) is 4.10. The molecule has 0 radical (unpaired) electrons. The van der Waals surface area contributed by atoms with Crippen molar-refractivity contribution in [2.75, 3.05) is 5.32 Å². The van der Waals surface area contributed by atoms with Crippen molar-refractivity contribution in [3.8, 4) is 0 Å². The van der Waals surface area contributed by atoms with E-state index in [1.165, 1.54) is 0 Å². The molecule has 1 heterocycles. The van der Waals surface area contributed by atoms with E-state index in [0.717, 1.165) is 31.4 Å². The van der Waals surface area contributed by atoms with Gasteiger partial charge in [-0.05, 0) is 32.1 Å². The van der Waals surface area contributed by atoms with Crippen LogP contribution in [0.25, 0.3) is 0 Å². The van der Waals surface area contributed by atoms with E-state index in [4.69, 9.17) is 10.5 Å². The Morgan fingerprint density at radius 3 is 2.75 bits per heavy atom. The fourth-order valence-corrected chi connectivity index (χ4v) is 2.90. The van der Waals surface area contributed by atoms with Crippen LogP contribution in [0.1, 0.15) is 32.1 Å². The van der Waals surface area contributed by atoms with Gasteiger partial charge in [-0.3, -0.25) is 10.4 Å². The lowest BCUT2D eigenvalue weighted by atomic mass is 9.82. The van der Waals surface area contributed by atoms with E-state index < -0.39 is 5.97 Å². The molecular formula is C14H16N4O2. The number of hydrogen-bond acceptors (Lipinski definition) is 5. The summed E-state index contributed by atoms with van der Waals surface area (Å²) in [5, 5.41) is 20.1. The highest BCUT2D eigenvalue weighted by molar-refractivity contribution is 6.41. The molecule has 3 N–H and O–H groups in total. The average Bonchev–Trinajstić information content (AvgIpc) is 3.22. The molecule has 6 heteroatoms. The quantitative estimate of drug-likeness (QED) is 0.730. The van der Waals surface area contributed by atoms with Crippen LogP contribution in [0.2, 0.25) is 0 Å². The minimum Gasteiger partial charge on any atom is -0.477 e. The lowest BCUT2D eigenvalue weighted by molar-refractivity contribution is -0.129. The summed E-state index contributed by atoms with van der Waals surface area (Å²) in [6.07, 6.45) is 9.51. The Hall–Kier alpha value is -2.24. The van der Waals surface area contributed by atoms with Crippen molar-refractivity contribution in [1.82, 2.24) is 9.97 Å². The maximum absolute atomic E-state index is 11.1. The van der Waals surface area contributed by atoms with Crippen LogP contribution in [0, 0.1) is 10.8 Å². The Kier molecular flexibility index (Phi) is 3.00. The van der Waals surface area contributed by atoms with E-state index in [1.807, 2.05) is 0 Å². The van der Waals surface area contributed by atoms with E-state index >= 15 is 0 Å². The molecule has 3 rings (SSSR count). The van der Waals surface area contributed by atoms with Gasteiger partial charge >= 0.3 is 5.97 Å². The molecule has 2 aliphatic rings. The number of nitrogens with zero attached hydrogens (tertiary/aromatic N) is 2. The smallest absolute Gasteiger partial charge is 0.354 e. The third kappa shape index (κ3) is 2.17. The van der Waals surface area contributed by atoms with Gasteiger partial charge in [0, 0.05) is 29.1 Å². The molecule has 1 fully saturated rings. The van der Waals surface area contributed by atoms with E-state index in [9.17, 15) is 4.79 Å². The van der Waals surface area contributed by atoms with Crippen LogP contribution in [0.4, 0.5) is 5.82 Å². The maximum atomic E-state index is 11.1. The van der Waals surface area contributed by atoms with Crippen molar-refractivity contribution in [1.29, 1.82) is 5.41 Å². The average molecular weight is 272 g/mol. The highest BCUT2D eigenvalue weighted by Gasteiger charge is 2.49. The minimum absolute atomic E-state index is 0.0346. The van der Waals surface area contributed by atoms with Crippen LogP contribution in [0.15, 0.2) is 29.9 Å². The molecule has 104 valence electrons. The van der Waals surface area contributed by atoms with Crippen LogP contribution in [-0.4, -0.2) is 26.8 Å². The van der Waals surface area contributed by atoms with Crippen molar-refractivity contribution >= 4 is 17.5 Å². The summed E-state index contributed by atoms with van der Waals surface area (Å²) in [7, 11) is 0. The van der Waals surface area contributed by atoms with Gasteiger partial charge in [0.1, 0.15) is 11.5 Å². The summed E-state index contributed by atoms with van der Waals surface area (Å²) in [6, 6.07) is 0. The second kappa shape index (κ2) is 4.70.